The number of halogens is 2. The highest BCUT2D eigenvalue weighted by Gasteiger charge is 2.30. The highest BCUT2D eigenvalue weighted by atomic mass is 35.5. The van der Waals surface area contributed by atoms with Gasteiger partial charge in [-0.2, -0.15) is 5.26 Å². The predicted molar refractivity (Wildman–Crippen MR) is 88.7 cm³/mol. The van der Waals surface area contributed by atoms with Crippen LogP contribution in [0.2, 0.25) is 5.02 Å². The third-order valence-electron chi connectivity index (χ3n) is 4.34. The van der Waals surface area contributed by atoms with E-state index in [4.69, 9.17) is 21.6 Å². The molecule has 4 rings (SSSR count). The smallest absolute Gasteiger partial charge is 0.263 e. The topological polar surface area (TPSA) is 53.3 Å². The van der Waals surface area contributed by atoms with Crippen molar-refractivity contribution in [1.29, 1.82) is 5.26 Å². The summed E-state index contributed by atoms with van der Waals surface area (Å²) in [5.74, 6) is -0.606. The highest BCUT2D eigenvalue weighted by molar-refractivity contribution is 7.17. The number of hydrogen-bond acceptors (Lipinski definition) is 4. The largest absolute Gasteiger partial charge is 0.485 e. The summed E-state index contributed by atoms with van der Waals surface area (Å²) < 4.78 is 19.6. The first-order chi connectivity index (χ1) is 11.6. The van der Waals surface area contributed by atoms with Gasteiger partial charge in [-0.3, -0.25) is 4.79 Å². The van der Waals surface area contributed by atoms with Crippen molar-refractivity contribution in [1.82, 2.24) is 4.90 Å². The van der Waals surface area contributed by atoms with E-state index in [0.717, 1.165) is 10.4 Å². The van der Waals surface area contributed by atoms with E-state index in [-0.39, 0.29) is 29.2 Å². The monoisotopic (exact) mass is 362 g/mol. The lowest BCUT2D eigenvalue weighted by Crippen LogP contribution is -2.27. The molecule has 2 aliphatic rings. The Morgan fingerprint density at radius 1 is 1.50 bits per heavy atom. The minimum Gasteiger partial charge on any atom is -0.485 e. The van der Waals surface area contributed by atoms with E-state index >= 15 is 0 Å². The lowest BCUT2D eigenvalue weighted by molar-refractivity contribution is 0.0794. The highest BCUT2D eigenvalue weighted by Crippen LogP contribution is 2.45. The zero-order valence-corrected chi connectivity index (χ0v) is 14.1. The summed E-state index contributed by atoms with van der Waals surface area (Å²) in [7, 11) is 0. The fourth-order valence-electron chi connectivity index (χ4n) is 3.08. The van der Waals surface area contributed by atoms with Crippen molar-refractivity contribution in [3.05, 3.63) is 39.5 Å². The van der Waals surface area contributed by atoms with Gasteiger partial charge in [-0.1, -0.05) is 11.6 Å². The van der Waals surface area contributed by atoms with Gasteiger partial charge in [-0.15, -0.1) is 11.3 Å². The van der Waals surface area contributed by atoms with Crippen LogP contribution in [0.25, 0.3) is 10.4 Å². The summed E-state index contributed by atoms with van der Waals surface area (Å²) in [5, 5.41) is 9.00. The van der Waals surface area contributed by atoms with Crippen molar-refractivity contribution in [2.75, 3.05) is 13.1 Å². The number of thiophene rings is 1. The predicted octanol–water partition coefficient (Wildman–Crippen LogP) is 4.09. The number of rotatable bonds is 1. The maximum absolute atomic E-state index is 14.1. The van der Waals surface area contributed by atoms with Crippen molar-refractivity contribution in [3.63, 3.8) is 0 Å². The zero-order chi connectivity index (χ0) is 16.8. The molecular weight excluding hydrogens is 351 g/mol. The first-order valence-corrected chi connectivity index (χ1v) is 8.70. The molecule has 1 amide bonds. The second-order valence-corrected chi connectivity index (χ2v) is 7.32. The van der Waals surface area contributed by atoms with Gasteiger partial charge in [-0.25, -0.2) is 4.39 Å². The Morgan fingerprint density at radius 3 is 3.08 bits per heavy atom. The van der Waals surface area contributed by atoms with Gasteiger partial charge >= 0.3 is 0 Å². The van der Waals surface area contributed by atoms with Gasteiger partial charge in [0.25, 0.3) is 5.91 Å². The molecular formula is C17H12ClFN2O2S. The third-order valence-corrected chi connectivity index (χ3v) is 5.83. The summed E-state index contributed by atoms with van der Waals surface area (Å²) in [5.41, 5.74) is 1.49. The summed E-state index contributed by atoms with van der Waals surface area (Å²) >= 11 is 7.14. The molecule has 1 aromatic carbocycles. The van der Waals surface area contributed by atoms with Gasteiger partial charge in [-0.05, 0) is 24.6 Å². The molecule has 1 atom stereocenters. The first kappa shape index (κ1) is 15.4. The number of hydrogen-bond donors (Lipinski definition) is 0. The summed E-state index contributed by atoms with van der Waals surface area (Å²) in [6, 6.07) is 7.22. The van der Waals surface area contributed by atoms with E-state index in [1.165, 1.54) is 17.4 Å². The molecule has 2 aromatic rings. The molecule has 3 heterocycles. The molecule has 7 heteroatoms. The van der Waals surface area contributed by atoms with E-state index in [1.54, 1.807) is 17.0 Å². The van der Waals surface area contributed by atoms with Crippen LogP contribution in [-0.2, 0) is 6.61 Å². The van der Waals surface area contributed by atoms with Gasteiger partial charge < -0.3 is 9.64 Å². The summed E-state index contributed by atoms with van der Waals surface area (Å²) in [6.45, 7) is 1.27. The third kappa shape index (κ3) is 2.36. The van der Waals surface area contributed by atoms with Crippen LogP contribution >= 0.6 is 22.9 Å². The van der Waals surface area contributed by atoms with Crippen LogP contribution in [0.3, 0.4) is 0 Å². The lowest BCUT2D eigenvalue weighted by Gasteiger charge is -2.18. The Morgan fingerprint density at radius 2 is 2.33 bits per heavy atom. The van der Waals surface area contributed by atoms with Crippen LogP contribution in [0.4, 0.5) is 4.39 Å². The Hall–Kier alpha value is -2.10. The number of nitriles is 1. The van der Waals surface area contributed by atoms with Crippen molar-refractivity contribution in [2.45, 2.75) is 13.0 Å². The van der Waals surface area contributed by atoms with Crippen LogP contribution in [0.1, 0.15) is 21.7 Å². The second-order valence-electron chi connectivity index (χ2n) is 5.86. The standard InChI is InChI=1S/C17H12ClFN2O2S/c18-12-2-1-11-15(14(12)19)23-8-10-5-13(24-16(10)11)17(22)21-4-3-9(6-20)7-21/h1-2,5,9H,3-4,7-8H2. The van der Waals surface area contributed by atoms with E-state index in [1.807, 2.05) is 0 Å². The summed E-state index contributed by atoms with van der Waals surface area (Å²) in [6.07, 6.45) is 0.711. The number of amides is 1. The van der Waals surface area contributed by atoms with Gasteiger partial charge in [0.05, 0.1) is 21.9 Å². The average Bonchev–Trinajstić information content (AvgIpc) is 3.23. The zero-order valence-electron chi connectivity index (χ0n) is 12.5. The number of likely N-dealkylation sites (tertiary alicyclic amines) is 1. The Labute approximate surface area is 147 Å². The molecule has 0 radical (unpaired) electrons. The van der Waals surface area contributed by atoms with Crippen LogP contribution in [0.5, 0.6) is 5.75 Å². The Bertz CT molecular complexity index is 889. The molecule has 0 saturated carbocycles. The molecule has 0 bridgehead atoms. The normalized spacial score (nSPS) is 18.5. The van der Waals surface area contributed by atoms with Crippen molar-refractivity contribution in [2.24, 2.45) is 5.92 Å². The van der Waals surface area contributed by atoms with Crippen molar-refractivity contribution in [3.8, 4) is 22.3 Å². The molecule has 1 saturated heterocycles. The fourth-order valence-corrected chi connectivity index (χ4v) is 4.38. The maximum atomic E-state index is 14.1. The molecule has 1 aromatic heterocycles. The second kappa shape index (κ2) is 5.76. The van der Waals surface area contributed by atoms with Crippen molar-refractivity contribution >= 4 is 28.8 Å². The van der Waals surface area contributed by atoms with Crippen molar-refractivity contribution < 1.29 is 13.9 Å². The SMILES string of the molecule is N#CC1CCN(C(=O)c2cc3c(s2)-c2ccc(Cl)c(F)c2OC3)C1. The van der Waals surface area contributed by atoms with E-state index < -0.39 is 5.82 Å². The fraction of sp³-hybridized carbons (Fsp3) is 0.294. The number of benzene rings is 1. The first-order valence-electron chi connectivity index (χ1n) is 7.51. The molecule has 4 nitrogen and oxygen atoms in total. The molecule has 0 aliphatic carbocycles. The lowest BCUT2D eigenvalue weighted by atomic mass is 10.1. The number of nitrogens with zero attached hydrogens (tertiary/aromatic N) is 2. The quantitative estimate of drug-likeness (QED) is 0.767. The molecule has 1 fully saturated rings. The Balaban J connectivity index is 1.68. The molecule has 2 aliphatic heterocycles. The van der Waals surface area contributed by atoms with Crippen LogP contribution < -0.4 is 4.74 Å². The molecule has 1 unspecified atom stereocenters. The van der Waals surface area contributed by atoms with Gasteiger partial charge in [0.1, 0.15) is 6.61 Å². The summed E-state index contributed by atoms with van der Waals surface area (Å²) in [4.78, 5) is 15.8. The number of fused-ring (bicyclic) bond motifs is 3. The van der Waals surface area contributed by atoms with Crippen LogP contribution in [0.15, 0.2) is 18.2 Å². The molecule has 122 valence electrons. The maximum Gasteiger partial charge on any atom is 0.263 e. The van der Waals surface area contributed by atoms with E-state index in [9.17, 15) is 9.18 Å². The number of ether oxygens (including phenoxy) is 1. The Kier molecular flexibility index (Phi) is 3.70. The van der Waals surface area contributed by atoms with Gasteiger partial charge in [0, 0.05) is 29.1 Å². The van der Waals surface area contributed by atoms with Gasteiger partial charge in [0.15, 0.2) is 11.6 Å². The van der Waals surface area contributed by atoms with Gasteiger partial charge in [0.2, 0.25) is 0 Å². The van der Waals surface area contributed by atoms with Crippen LogP contribution in [0, 0.1) is 23.1 Å². The number of carbonyl (C=O) groups is 1. The molecule has 0 spiro atoms. The molecule has 24 heavy (non-hydrogen) atoms. The average molecular weight is 363 g/mol. The van der Waals surface area contributed by atoms with Crippen LogP contribution in [-0.4, -0.2) is 23.9 Å². The number of carbonyl (C=O) groups excluding carboxylic acids is 1. The molecule has 0 N–H and O–H groups in total. The van der Waals surface area contributed by atoms with E-state index in [0.29, 0.717) is 30.0 Å². The minimum absolute atomic E-state index is 0.0182. The van der Waals surface area contributed by atoms with E-state index in [2.05, 4.69) is 6.07 Å². The minimum atomic E-state index is -0.572.